The molecule has 0 bridgehead atoms. The Hall–Kier alpha value is -6.74. The Morgan fingerprint density at radius 3 is 0.988 bits per heavy atom. The zero-order valence-corrected chi connectivity index (χ0v) is 46.9. The van der Waals surface area contributed by atoms with Gasteiger partial charge < -0.3 is 9.80 Å². The molecule has 4 nitrogen and oxygen atoms in total. The Morgan fingerprint density at radius 1 is 0.375 bits per heavy atom. The number of pyridine rings is 2. The molecule has 0 spiro atoms. The van der Waals surface area contributed by atoms with Crippen LogP contribution in [0.15, 0.2) is 109 Å². The average molecular weight is 1180 g/mol. The van der Waals surface area contributed by atoms with Gasteiger partial charge in [0.05, 0.1) is 11.4 Å². The molecule has 0 unspecified atom stereocenters. The molecular weight excluding hydrogens is 1130 g/mol. The zero-order valence-electron chi connectivity index (χ0n) is 43.7. The molecule has 2 aromatic carbocycles. The monoisotopic (exact) mass is 1180 g/mol. The van der Waals surface area contributed by atoms with Crippen LogP contribution in [0.2, 0.25) is 0 Å². The molecule has 0 amide bonds. The number of aryl methyl sites for hydroxylation is 4. The summed E-state index contributed by atoms with van der Waals surface area (Å²) in [7, 11) is 7.34. The highest BCUT2D eigenvalue weighted by atomic mass is 32.1. The fraction of sp³-hybridized carbons (Fsp3) is 0.233. The third-order valence-corrected chi connectivity index (χ3v) is 18.4. The molecule has 414 valence electrons. The lowest BCUT2D eigenvalue weighted by Gasteiger charge is -2.25. The number of thiophene rings is 4. The van der Waals surface area contributed by atoms with Crippen LogP contribution in [-0.2, 0) is 0 Å². The van der Waals surface area contributed by atoms with Crippen molar-refractivity contribution in [1.29, 1.82) is 0 Å². The lowest BCUT2D eigenvalue weighted by Crippen LogP contribution is -2.48. The fourth-order valence-electron chi connectivity index (χ4n) is 9.87. The molecule has 2 aliphatic rings. The summed E-state index contributed by atoms with van der Waals surface area (Å²) in [4.78, 5) is 14.6. The van der Waals surface area contributed by atoms with Crippen molar-refractivity contribution in [2.45, 2.75) is 63.2 Å². The SMILES string of the molecule is Cc1sc(/C=C/c2ccnc(-c3cc(/C=C/c4cc(C5=C(c6cc(-c7ccc(N(C)C)cc7)sc6C)C(F)(F)C(F)(F)C5(F)F)c(C)s4)ccn3)c2)cc1C1=C(c2cc(-c3ccc(N(C)C)cc3)sc2C)C(F)(F)C(F)(F)C1(F)F. The summed E-state index contributed by atoms with van der Waals surface area (Å²) in [5.74, 6) is -32.4. The maximum absolute atomic E-state index is 16.0. The lowest BCUT2D eigenvalue weighted by atomic mass is 9.94. The third-order valence-electron chi connectivity index (χ3n) is 14.2. The van der Waals surface area contributed by atoms with Gasteiger partial charge in [-0.2, -0.15) is 52.7 Å². The second kappa shape index (κ2) is 20.1. The van der Waals surface area contributed by atoms with Gasteiger partial charge in [0.1, 0.15) is 0 Å². The van der Waals surface area contributed by atoms with E-state index in [0.29, 0.717) is 53.2 Å². The molecule has 20 heteroatoms. The number of benzene rings is 2. The first-order chi connectivity index (χ1) is 37.5. The fourth-order valence-corrected chi connectivity index (χ4v) is 13.8. The molecule has 6 aromatic heterocycles. The van der Waals surface area contributed by atoms with Crippen molar-refractivity contribution < 1.29 is 52.7 Å². The standard InChI is InChI=1S/C60H46F12N4S4/c1-31-43(51-53(57(65,66)59(69,70)55(51,61)62)45-29-49(79-33(45)3)37-11-15-39(16-12-37)75(5)6)27-41(77-31)19-9-35-21-23-73-47(25-35)48-26-36(22-24-74-48)10-20-42-28-44(32(2)78-42)52-54(58(67,68)60(71,72)56(52,63)64)46-30-50(80-34(46)4)38-13-17-40(18-14-38)76(7)8/h9-30H,1-8H3/b19-9+,20-10+. The molecule has 0 N–H and O–H groups in total. The van der Waals surface area contributed by atoms with Crippen molar-refractivity contribution >= 4 is 103 Å². The van der Waals surface area contributed by atoms with Crippen molar-refractivity contribution in [3.63, 3.8) is 0 Å². The maximum Gasteiger partial charge on any atom is 0.380 e. The molecule has 0 atom stereocenters. The van der Waals surface area contributed by atoms with Crippen molar-refractivity contribution in [3.8, 4) is 32.3 Å². The Morgan fingerprint density at radius 2 is 0.675 bits per heavy atom. The molecule has 2 aliphatic carbocycles. The first kappa shape index (κ1) is 56.5. The Kier molecular flexibility index (Phi) is 14.2. The van der Waals surface area contributed by atoms with E-state index in [-0.39, 0.29) is 30.6 Å². The number of rotatable bonds is 13. The normalized spacial score (nSPS) is 17.9. The Bertz CT molecular complexity index is 3600. The summed E-state index contributed by atoms with van der Waals surface area (Å²) >= 11 is 3.98. The highest BCUT2D eigenvalue weighted by molar-refractivity contribution is 7.16. The van der Waals surface area contributed by atoms with E-state index in [2.05, 4.69) is 9.97 Å². The number of allylic oxidation sites excluding steroid dienone is 4. The van der Waals surface area contributed by atoms with E-state index in [1.54, 1.807) is 84.9 Å². The van der Waals surface area contributed by atoms with E-state index in [9.17, 15) is 0 Å². The quantitative estimate of drug-likeness (QED) is 0.108. The number of halogens is 12. The summed E-state index contributed by atoms with van der Waals surface area (Å²) in [6.07, 6.45) is 9.23. The second-order valence-electron chi connectivity index (χ2n) is 19.8. The minimum Gasteiger partial charge on any atom is -0.378 e. The van der Waals surface area contributed by atoms with Gasteiger partial charge in [0.2, 0.25) is 0 Å². The number of alkyl halides is 12. The number of anilines is 2. The maximum atomic E-state index is 16.0. The van der Waals surface area contributed by atoms with E-state index < -0.39 is 69.0 Å². The number of aromatic nitrogens is 2. The summed E-state index contributed by atoms with van der Waals surface area (Å²) < 4.78 is 189. The minimum atomic E-state index is -5.74. The summed E-state index contributed by atoms with van der Waals surface area (Å²) in [6.45, 7) is 5.67. The van der Waals surface area contributed by atoms with Gasteiger partial charge in [-0.15, -0.1) is 45.3 Å². The zero-order chi connectivity index (χ0) is 57.8. The molecule has 0 saturated carbocycles. The van der Waals surface area contributed by atoms with E-state index >= 15 is 52.7 Å². The van der Waals surface area contributed by atoms with Crippen LogP contribution in [0, 0.1) is 27.7 Å². The molecule has 6 heterocycles. The van der Waals surface area contributed by atoms with Crippen LogP contribution in [0.3, 0.4) is 0 Å². The molecule has 0 saturated heterocycles. The lowest BCUT2D eigenvalue weighted by molar-refractivity contribution is -0.254. The van der Waals surface area contributed by atoms with Crippen molar-refractivity contribution in [1.82, 2.24) is 9.97 Å². The van der Waals surface area contributed by atoms with Crippen LogP contribution in [0.5, 0.6) is 0 Å². The smallest absolute Gasteiger partial charge is 0.378 e. The highest BCUT2D eigenvalue weighted by Crippen LogP contribution is 2.68. The Balaban J connectivity index is 0.921. The van der Waals surface area contributed by atoms with Crippen LogP contribution in [0.4, 0.5) is 64.1 Å². The molecule has 0 fully saturated rings. The van der Waals surface area contributed by atoms with Gasteiger partial charge in [-0.1, -0.05) is 36.4 Å². The second-order valence-corrected chi connectivity index (χ2v) is 24.9. The molecule has 0 aliphatic heterocycles. The molecule has 80 heavy (non-hydrogen) atoms. The van der Waals surface area contributed by atoms with Crippen LogP contribution < -0.4 is 9.80 Å². The number of hydrogen-bond donors (Lipinski definition) is 0. The van der Waals surface area contributed by atoms with Gasteiger partial charge in [0.15, 0.2) is 0 Å². The first-order valence-corrected chi connectivity index (χ1v) is 27.8. The predicted octanol–water partition coefficient (Wildman–Crippen LogP) is 19.1. The average Bonchev–Trinajstić information content (AvgIpc) is 4.25. The van der Waals surface area contributed by atoms with Crippen LogP contribution in [0.1, 0.15) is 62.6 Å². The van der Waals surface area contributed by atoms with Crippen LogP contribution >= 0.6 is 45.3 Å². The van der Waals surface area contributed by atoms with Crippen molar-refractivity contribution in [2.24, 2.45) is 0 Å². The molecule has 8 aromatic rings. The van der Waals surface area contributed by atoms with E-state index in [1.807, 2.05) is 38.0 Å². The molecule has 0 radical (unpaired) electrons. The Labute approximate surface area is 469 Å². The van der Waals surface area contributed by atoms with Crippen molar-refractivity contribution in [2.75, 3.05) is 38.0 Å². The topological polar surface area (TPSA) is 32.3 Å². The summed E-state index contributed by atoms with van der Waals surface area (Å²) in [5, 5.41) is 0. The summed E-state index contributed by atoms with van der Waals surface area (Å²) in [6, 6.07) is 25.6. The van der Waals surface area contributed by atoms with Gasteiger partial charge in [0, 0.05) is 113 Å². The molecular formula is C60H46F12N4S4. The van der Waals surface area contributed by atoms with E-state index in [4.69, 9.17) is 0 Å². The highest BCUT2D eigenvalue weighted by Gasteiger charge is 2.81. The van der Waals surface area contributed by atoms with Gasteiger partial charge in [-0.05, 0) is 157 Å². The van der Waals surface area contributed by atoms with Gasteiger partial charge in [-0.25, -0.2) is 0 Å². The van der Waals surface area contributed by atoms with E-state index in [0.717, 1.165) is 56.7 Å². The number of hydrogen-bond acceptors (Lipinski definition) is 8. The van der Waals surface area contributed by atoms with E-state index in [1.165, 1.54) is 76.5 Å². The van der Waals surface area contributed by atoms with Gasteiger partial charge in [0.25, 0.3) is 0 Å². The van der Waals surface area contributed by atoms with Crippen LogP contribution in [-0.4, -0.2) is 73.7 Å². The van der Waals surface area contributed by atoms with Crippen molar-refractivity contribution in [3.05, 3.63) is 172 Å². The molecule has 10 rings (SSSR count). The first-order valence-electron chi connectivity index (χ1n) is 24.5. The van der Waals surface area contributed by atoms with Gasteiger partial charge in [-0.3, -0.25) is 9.97 Å². The minimum absolute atomic E-state index is 0.114. The largest absolute Gasteiger partial charge is 0.380 e. The third kappa shape index (κ3) is 9.23. The predicted molar refractivity (Wildman–Crippen MR) is 304 cm³/mol. The number of nitrogens with zero attached hydrogens (tertiary/aromatic N) is 4. The van der Waals surface area contributed by atoms with Crippen LogP contribution in [0.25, 0.3) is 78.9 Å². The summed E-state index contributed by atoms with van der Waals surface area (Å²) in [5.41, 5.74) is -2.64. The van der Waals surface area contributed by atoms with Gasteiger partial charge >= 0.3 is 35.5 Å².